The Morgan fingerprint density at radius 3 is 2.39 bits per heavy atom. The normalized spacial score (nSPS) is 11.7. The van der Waals surface area contributed by atoms with E-state index in [4.69, 9.17) is 4.74 Å². The molecule has 1 heterocycles. The quantitative estimate of drug-likeness (QED) is 0.475. The van der Waals surface area contributed by atoms with E-state index in [9.17, 15) is 8.42 Å². The van der Waals surface area contributed by atoms with Gasteiger partial charge in [-0.25, -0.2) is 13.1 Å². The number of rotatable bonds is 8. The summed E-state index contributed by atoms with van der Waals surface area (Å²) in [5.41, 5.74) is 0.762. The van der Waals surface area contributed by atoms with Crippen molar-refractivity contribution in [3.05, 3.63) is 65.3 Å². The Kier molecular flexibility index (Phi) is 6.53. The number of ether oxygens (including phenoxy) is 1. The van der Waals surface area contributed by atoms with Crippen molar-refractivity contribution in [2.24, 2.45) is 0 Å². The SMILES string of the molecule is CN(C)CCCOc1nn(-c2ccccc2)cc1S(=O)(=O)c1ccc(Br)cc1. The number of nitrogens with zero attached hydrogens (tertiary/aromatic N) is 3. The van der Waals surface area contributed by atoms with Gasteiger partial charge in [-0.2, -0.15) is 0 Å². The van der Waals surface area contributed by atoms with Gasteiger partial charge in [-0.05, 0) is 56.9 Å². The molecule has 0 unspecified atom stereocenters. The van der Waals surface area contributed by atoms with Gasteiger partial charge in [-0.15, -0.1) is 5.10 Å². The monoisotopic (exact) mass is 463 g/mol. The second-order valence-corrected chi connectivity index (χ2v) is 9.38. The van der Waals surface area contributed by atoms with Crippen LogP contribution in [0.25, 0.3) is 5.69 Å². The molecule has 0 aliphatic carbocycles. The van der Waals surface area contributed by atoms with E-state index in [2.05, 4.69) is 21.0 Å². The molecule has 6 nitrogen and oxygen atoms in total. The molecule has 0 fully saturated rings. The molecule has 0 N–H and O–H groups in total. The summed E-state index contributed by atoms with van der Waals surface area (Å²) in [6.45, 7) is 1.22. The van der Waals surface area contributed by atoms with Gasteiger partial charge in [0.1, 0.15) is 0 Å². The lowest BCUT2D eigenvalue weighted by Gasteiger charge is -2.10. The van der Waals surface area contributed by atoms with Crippen LogP contribution in [0.3, 0.4) is 0 Å². The maximum absolute atomic E-state index is 13.2. The summed E-state index contributed by atoms with van der Waals surface area (Å²) in [6.07, 6.45) is 2.27. The molecule has 0 spiro atoms. The Morgan fingerprint density at radius 2 is 1.75 bits per heavy atom. The summed E-state index contributed by atoms with van der Waals surface area (Å²) in [5, 5.41) is 4.40. The van der Waals surface area contributed by atoms with E-state index in [0.29, 0.717) is 6.61 Å². The van der Waals surface area contributed by atoms with Crippen molar-refractivity contribution in [1.29, 1.82) is 0 Å². The average Bonchev–Trinajstić information content (AvgIpc) is 3.11. The van der Waals surface area contributed by atoms with Crippen LogP contribution in [0.15, 0.2) is 75.1 Å². The van der Waals surface area contributed by atoms with Crippen LogP contribution in [0.2, 0.25) is 0 Å². The van der Waals surface area contributed by atoms with Crippen LogP contribution in [0.1, 0.15) is 6.42 Å². The van der Waals surface area contributed by atoms with E-state index in [1.54, 1.807) is 24.3 Å². The van der Waals surface area contributed by atoms with E-state index in [-0.39, 0.29) is 15.7 Å². The van der Waals surface area contributed by atoms with Gasteiger partial charge >= 0.3 is 0 Å². The number of benzene rings is 2. The molecule has 148 valence electrons. The van der Waals surface area contributed by atoms with Gasteiger partial charge in [0.25, 0.3) is 5.88 Å². The first kappa shape index (κ1) is 20.6. The van der Waals surface area contributed by atoms with Crippen molar-refractivity contribution in [1.82, 2.24) is 14.7 Å². The predicted molar refractivity (Wildman–Crippen MR) is 112 cm³/mol. The van der Waals surface area contributed by atoms with Crippen molar-refractivity contribution in [3.8, 4) is 11.6 Å². The van der Waals surface area contributed by atoms with Crippen molar-refractivity contribution < 1.29 is 13.2 Å². The minimum Gasteiger partial charge on any atom is -0.476 e. The van der Waals surface area contributed by atoms with Gasteiger partial charge in [0, 0.05) is 11.0 Å². The molecule has 0 bridgehead atoms. The van der Waals surface area contributed by atoms with E-state index in [0.717, 1.165) is 23.1 Å². The fourth-order valence-electron chi connectivity index (χ4n) is 2.63. The molecule has 3 rings (SSSR count). The highest BCUT2D eigenvalue weighted by Crippen LogP contribution is 2.30. The third kappa shape index (κ3) is 4.81. The lowest BCUT2D eigenvalue weighted by atomic mass is 10.3. The molecule has 3 aromatic rings. The van der Waals surface area contributed by atoms with E-state index in [1.165, 1.54) is 10.9 Å². The molecule has 8 heteroatoms. The van der Waals surface area contributed by atoms with Gasteiger partial charge < -0.3 is 9.64 Å². The summed E-state index contributed by atoms with van der Waals surface area (Å²) in [5.74, 6) is 0.116. The number of hydrogen-bond donors (Lipinski definition) is 0. The molecular weight excluding hydrogens is 442 g/mol. The zero-order valence-electron chi connectivity index (χ0n) is 15.7. The predicted octanol–water partition coefficient (Wildman–Crippen LogP) is 3.80. The van der Waals surface area contributed by atoms with Crippen LogP contribution in [-0.2, 0) is 9.84 Å². The molecule has 0 aliphatic heterocycles. The van der Waals surface area contributed by atoms with Crippen molar-refractivity contribution in [3.63, 3.8) is 0 Å². The van der Waals surface area contributed by atoms with Gasteiger partial charge in [-0.1, -0.05) is 34.1 Å². The fourth-order valence-corrected chi connectivity index (χ4v) is 4.21. The van der Waals surface area contributed by atoms with Crippen LogP contribution in [0, 0.1) is 0 Å². The number of aromatic nitrogens is 2. The third-order valence-electron chi connectivity index (χ3n) is 4.07. The van der Waals surface area contributed by atoms with E-state index < -0.39 is 9.84 Å². The molecule has 2 aromatic carbocycles. The number of halogens is 1. The number of sulfone groups is 1. The van der Waals surface area contributed by atoms with Crippen molar-refractivity contribution in [2.75, 3.05) is 27.2 Å². The molecule has 28 heavy (non-hydrogen) atoms. The van der Waals surface area contributed by atoms with Crippen molar-refractivity contribution in [2.45, 2.75) is 16.2 Å². The maximum atomic E-state index is 13.2. The highest BCUT2D eigenvalue weighted by atomic mass is 79.9. The Labute approximate surface area is 173 Å². The molecule has 0 saturated carbocycles. The fraction of sp³-hybridized carbons (Fsp3) is 0.250. The van der Waals surface area contributed by atoms with Gasteiger partial charge in [0.2, 0.25) is 9.84 Å². The highest BCUT2D eigenvalue weighted by molar-refractivity contribution is 9.10. The standard InChI is InChI=1S/C20H22BrN3O3S/c1-23(2)13-6-14-27-20-19(15-24(22-20)17-7-4-3-5-8-17)28(25,26)18-11-9-16(21)10-12-18/h3-5,7-12,15H,6,13-14H2,1-2H3. The minimum absolute atomic E-state index is 0.0588. The Morgan fingerprint density at radius 1 is 1.07 bits per heavy atom. The summed E-state index contributed by atoms with van der Waals surface area (Å²) >= 11 is 3.33. The summed E-state index contributed by atoms with van der Waals surface area (Å²) in [4.78, 5) is 2.30. The average molecular weight is 464 g/mol. The first-order chi connectivity index (χ1) is 13.4. The van der Waals surface area contributed by atoms with Crippen LogP contribution < -0.4 is 4.74 Å². The first-order valence-corrected chi connectivity index (χ1v) is 11.1. The molecule has 0 atom stereocenters. The number of para-hydroxylation sites is 1. The molecule has 1 aromatic heterocycles. The smallest absolute Gasteiger partial charge is 0.252 e. The van der Waals surface area contributed by atoms with Crippen molar-refractivity contribution >= 4 is 25.8 Å². The zero-order valence-corrected chi connectivity index (χ0v) is 18.1. The maximum Gasteiger partial charge on any atom is 0.252 e. The molecule has 0 radical (unpaired) electrons. The summed E-state index contributed by atoms with van der Waals surface area (Å²) in [7, 11) is 0.193. The van der Waals surface area contributed by atoms with Crippen LogP contribution in [-0.4, -0.2) is 50.3 Å². The van der Waals surface area contributed by atoms with Gasteiger partial charge in [-0.3, -0.25) is 0 Å². The first-order valence-electron chi connectivity index (χ1n) is 8.81. The largest absolute Gasteiger partial charge is 0.476 e. The lowest BCUT2D eigenvalue weighted by molar-refractivity contribution is 0.266. The Balaban J connectivity index is 1.97. The Hall–Kier alpha value is -2.16. The van der Waals surface area contributed by atoms with Crippen LogP contribution in [0.4, 0.5) is 0 Å². The van der Waals surface area contributed by atoms with Crippen LogP contribution >= 0.6 is 15.9 Å². The Bertz CT molecular complexity index is 1020. The third-order valence-corrected chi connectivity index (χ3v) is 6.35. The summed E-state index contributed by atoms with van der Waals surface area (Å²) < 4.78 is 34.5. The van der Waals surface area contributed by atoms with Gasteiger partial charge in [0.15, 0.2) is 4.90 Å². The van der Waals surface area contributed by atoms with Gasteiger partial charge in [0.05, 0.1) is 23.4 Å². The van der Waals surface area contributed by atoms with E-state index in [1.807, 2.05) is 49.3 Å². The second kappa shape index (κ2) is 8.89. The second-order valence-electron chi connectivity index (χ2n) is 6.54. The zero-order chi connectivity index (χ0) is 20.1. The minimum atomic E-state index is -3.77. The topological polar surface area (TPSA) is 64.4 Å². The molecular formula is C20H22BrN3O3S. The highest BCUT2D eigenvalue weighted by Gasteiger charge is 2.26. The summed E-state index contributed by atoms with van der Waals surface area (Å²) in [6, 6.07) is 15.9. The number of hydrogen-bond acceptors (Lipinski definition) is 5. The molecule has 0 aliphatic rings. The molecule has 0 saturated heterocycles. The lowest BCUT2D eigenvalue weighted by Crippen LogP contribution is -2.16. The van der Waals surface area contributed by atoms with Crippen LogP contribution in [0.5, 0.6) is 5.88 Å². The van der Waals surface area contributed by atoms with E-state index >= 15 is 0 Å². The molecule has 0 amide bonds.